The molecular formula is C9H10N2O2. The first-order chi connectivity index (χ1) is 6.27. The van der Waals surface area contributed by atoms with Crippen molar-refractivity contribution >= 4 is 11.1 Å². The van der Waals surface area contributed by atoms with Gasteiger partial charge in [-0.15, -0.1) is 0 Å². The molecule has 4 nitrogen and oxygen atoms in total. The summed E-state index contributed by atoms with van der Waals surface area (Å²) in [5.41, 5.74) is 2.45. The van der Waals surface area contributed by atoms with Gasteiger partial charge in [0, 0.05) is 18.8 Å². The standard InChI is InChI=1S/C9H10N2O2/c1-11(12)5-7-6-13-8-3-2-4-10-9(7)8/h2-4,6,12H,5H2,1H3. The summed E-state index contributed by atoms with van der Waals surface area (Å²) >= 11 is 0. The number of fused-ring (bicyclic) bond motifs is 1. The minimum Gasteiger partial charge on any atom is -0.462 e. The topological polar surface area (TPSA) is 49.5 Å². The summed E-state index contributed by atoms with van der Waals surface area (Å²) in [5.74, 6) is 0. The average molecular weight is 178 g/mol. The average Bonchev–Trinajstić information content (AvgIpc) is 2.48. The molecule has 1 N–H and O–H groups in total. The van der Waals surface area contributed by atoms with Crippen LogP contribution < -0.4 is 0 Å². The van der Waals surface area contributed by atoms with Gasteiger partial charge in [-0.1, -0.05) is 0 Å². The minimum absolute atomic E-state index is 0.421. The number of hydrogen-bond acceptors (Lipinski definition) is 4. The van der Waals surface area contributed by atoms with E-state index in [0.29, 0.717) is 6.54 Å². The number of furan rings is 1. The quantitative estimate of drug-likeness (QED) is 0.710. The fourth-order valence-corrected chi connectivity index (χ4v) is 1.28. The van der Waals surface area contributed by atoms with Crippen LogP contribution in [0.4, 0.5) is 0 Å². The van der Waals surface area contributed by atoms with Gasteiger partial charge in [-0.25, -0.2) is 0 Å². The van der Waals surface area contributed by atoms with Crippen molar-refractivity contribution < 1.29 is 9.62 Å². The molecule has 0 bridgehead atoms. The van der Waals surface area contributed by atoms with E-state index in [0.717, 1.165) is 21.7 Å². The molecule has 0 aliphatic rings. The number of hydroxylamine groups is 2. The predicted octanol–water partition coefficient (Wildman–Crippen LogP) is 1.65. The lowest BCUT2D eigenvalue weighted by Crippen LogP contribution is -2.11. The lowest BCUT2D eigenvalue weighted by Gasteiger charge is -2.04. The van der Waals surface area contributed by atoms with Gasteiger partial charge >= 0.3 is 0 Å². The zero-order chi connectivity index (χ0) is 9.26. The van der Waals surface area contributed by atoms with E-state index >= 15 is 0 Å². The van der Waals surface area contributed by atoms with Crippen molar-refractivity contribution in [3.8, 4) is 0 Å². The maximum absolute atomic E-state index is 9.05. The van der Waals surface area contributed by atoms with Crippen molar-refractivity contribution in [1.82, 2.24) is 10.0 Å². The van der Waals surface area contributed by atoms with E-state index in [1.165, 1.54) is 0 Å². The van der Waals surface area contributed by atoms with Crippen molar-refractivity contribution in [2.75, 3.05) is 7.05 Å². The van der Waals surface area contributed by atoms with Gasteiger partial charge in [0.05, 0.1) is 12.8 Å². The van der Waals surface area contributed by atoms with Gasteiger partial charge in [-0.05, 0) is 12.1 Å². The van der Waals surface area contributed by atoms with Crippen LogP contribution in [-0.2, 0) is 6.54 Å². The second-order valence-corrected chi connectivity index (χ2v) is 2.93. The Balaban J connectivity index is 2.46. The summed E-state index contributed by atoms with van der Waals surface area (Å²) in [5, 5.41) is 10.1. The molecule has 2 aromatic heterocycles. The summed E-state index contributed by atoms with van der Waals surface area (Å²) in [6.07, 6.45) is 3.32. The molecule has 0 aromatic carbocycles. The van der Waals surface area contributed by atoms with Crippen molar-refractivity contribution in [2.45, 2.75) is 6.54 Å². The highest BCUT2D eigenvalue weighted by atomic mass is 16.5. The van der Waals surface area contributed by atoms with Gasteiger partial charge in [-0.2, -0.15) is 5.06 Å². The zero-order valence-corrected chi connectivity index (χ0v) is 7.27. The van der Waals surface area contributed by atoms with Crippen molar-refractivity contribution in [3.05, 3.63) is 30.2 Å². The van der Waals surface area contributed by atoms with Crippen molar-refractivity contribution in [2.24, 2.45) is 0 Å². The van der Waals surface area contributed by atoms with Gasteiger partial charge in [0.1, 0.15) is 5.52 Å². The number of aromatic nitrogens is 1. The number of rotatable bonds is 2. The Bertz CT molecular complexity index is 409. The van der Waals surface area contributed by atoms with Crippen LogP contribution in [0.3, 0.4) is 0 Å². The van der Waals surface area contributed by atoms with E-state index in [1.807, 2.05) is 12.1 Å². The molecule has 4 heteroatoms. The summed E-state index contributed by atoms with van der Waals surface area (Å²) in [4.78, 5) is 4.16. The van der Waals surface area contributed by atoms with E-state index in [4.69, 9.17) is 9.62 Å². The van der Waals surface area contributed by atoms with Crippen molar-refractivity contribution in [3.63, 3.8) is 0 Å². The van der Waals surface area contributed by atoms with E-state index in [1.54, 1.807) is 19.5 Å². The van der Waals surface area contributed by atoms with Crippen molar-refractivity contribution in [1.29, 1.82) is 0 Å². The summed E-state index contributed by atoms with van der Waals surface area (Å²) in [6.45, 7) is 0.421. The summed E-state index contributed by atoms with van der Waals surface area (Å²) in [6, 6.07) is 3.67. The molecule has 0 atom stereocenters. The van der Waals surface area contributed by atoms with E-state index < -0.39 is 0 Å². The molecule has 2 heterocycles. The SMILES string of the molecule is CN(O)Cc1coc2cccnc12. The molecule has 0 radical (unpaired) electrons. The Morgan fingerprint density at radius 3 is 3.23 bits per heavy atom. The second kappa shape index (κ2) is 3.16. The van der Waals surface area contributed by atoms with Crippen LogP contribution in [0.25, 0.3) is 11.1 Å². The molecule has 0 aliphatic heterocycles. The van der Waals surface area contributed by atoms with E-state index in [-0.39, 0.29) is 0 Å². The molecule has 0 fully saturated rings. The maximum atomic E-state index is 9.05. The molecule has 2 rings (SSSR count). The fourth-order valence-electron chi connectivity index (χ4n) is 1.28. The van der Waals surface area contributed by atoms with Crippen LogP contribution in [0, 0.1) is 0 Å². The molecule has 0 saturated heterocycles. The lowest BCUT2D eigenvalue weighted by molar-refractivity contribution is -0.0730. The Morgan fingerprint density at radius 2 is 2.46 bits per heavy atom. The third-order valence-electron chi connectivity index (χ3n) is 1.80. The highest BCUT2D eigenvalue weighted by molar-refractivity contribution is 5.75. The van der Waals surface area contributed by atoms with Gasteiger partial charge in [0.2, 0.25) is 0 Å². The van der Waals surface area contributed by atoms with Crippen LogP contribution in [0.15, 0.2) is 29.0 Å². The molecule has 0 amide bonds. The van der Waals surface area contributed by atoms with Gasteiger partial charge < -0.3 is 9.62 Å². The normalized spacial score (nSPS) is 11.3. The van der Waals surface area contributed by atoms with Crippen LogP contribution in [0.2, 0.25) is 0 Å². The fraction of sp³-hybridized carbons (Fsp3) is 0.222. The van der Waals surface area contributed by atoms with E-state index in [2.05, 4.69) is 4.98 Å². The number of pyridine rings is 1. The molecule has 2 aromatic rings. The monoisotopic (exact) mass is 178 g/mol. The second-order valence-electron chi connectivity index (χ2n) is 2.93. The Hall–Kier alpha value is -1.39. The largest absolute Gasteiger partial charge is 0.462 e. The Labute approximate surface area is 75.4 Å². The van der Waals surface area contributed by atoms with E-state index in [9.17, 15) is 0 Å². The van der Waals surface area contributed by atoms with Crippen LogP contribution in [-0.4, -0.2) is 22.3 Å². The first-order valence-electron chi connectivity index (χ1n) is 3.98. The third-order valence-corrected chi connectivity index (χ3v) is 1.80. The highest BCUT2D eigenvalue weighted by Crippen LogP contribution is 2.18. The number of nitrogens with zero attached hydrogens (tertiary/aromatic N) is 2. The predicted molar refractivity (Wildman–Crippen MR) is 47.3 cm³/mol. The molecular weight excluding hydrogens is 168 g/mol. The molecule has 0 aliphatic carbocycles. The number of hydrogen-bond donors (Lipinski definition) is 1. The first-order valence-corrected chi connectivity index (χ1v) is 3.98. The lowest BCUT2D eigenvalue weighted by atomic mass is 10.2. The maximum Gasteiger partial charge on any atom is 0.152 e. The molecule has 0 unspecified atom stereocenters. The van der Waals surface area contributed by atoms with Crippen LogP contribution in [0.5, 0.6) is 0 Å². The highest BCUT2D eigenvalue weighted by Gasteiger charge is 2.07. The molecule has 0 spiro atoms. The smallest absolute Gasteiger partial charge is 0.152 e. The molecule has 0 saturated carbocycles. The minimum atomic E-state index is 0.421. The summed E-state index contributed by atoms with van der Waals surface area (Å²) < 4.78 is 5.25. The third kappa shape index (κ3) is 1.54. The first kappa shape index (κ1) is 8.22. The van der Waals surface area contributed by atoms with Crippen LogP contribution >= 0.6 is 0 Å². The van der Waals surface area contributed by atoms with Crippen LogP contribution in [0.1, 0.15) is 5.56 Å². The summed E-state index contributed by atoms with van der Waals surface area (Å²) in [7, 11) is 1.59. The Kier molecular flexibility index (Phi) is 2.00. The molecule has 68 valence electrons. The zero-order valence-electron chi connectivity index (χ0n) is 7.27. The molecule has 13 heavy (non-hydrogen) atoms. The van der Waals surface area contributed by atoms with Gasteiger partial charge in [-0.3, -0.25) is 4.98 Å². The van der Waals surface area contributed by atoms with Gasteiger partial charge in [0.25, 0.3) is 0 Å². The van der Waals surface area contributed by atoms with Gasteiger partial charge in [0.15, 0.2) is 5.58 Å². The Morgan fingerprint density at radius 1 is 1.62 bits per heavy atom.